The van der Waals surface area contributed by atoms with Crippen LogP contribution >= 0.6 is 0 Å². The average molecular weight is 359 g/mol. The molecule has 0 aliphatic carbocycles. The second kappa shape index (κ2) is 8.05. The Labute approximate surface area is 152 Å². The SMILES string of the molecule is O=C(Cc1ccco1)N1Cc2ccnn2C(COCC2CCOCC2)C1. The van der Waals surface area contributed by atoms with Crippen molar-refractivity contribution in [2.45, 2.75) is 31.8 Å². The fourth-order valence-electron chi connectivity index (χ4n) is 3.66. The molecule has 4 rings (SSSR count). The van der Waals surface area contributed by atoms with Crippen LogP contribution in [-0.2, 0) is 27.2 Å². The largest absolute Gasteiger partial charge is 0.469 e. The Kier molecular flexibility index (Phi) is 5.36. The van der Waals surface area contributed by atoms with Gasteiger partial charge in [-0.05, 0) is 37.0 Å². The highest BCUT2D eigenvalue weighted by atomic mass is 16.5. The van der Waals surface area contributed by atoms with Gasteiger partial charge in [-0.2, -0.15) is 5.10 Å². The van der Waals surface area contributed by atoms with Crippen LogP contribution in [0.2, 0.25) is 0 Å². The number of amides is 1. The van der Waals surface area contributed by atoms with Crippen LogP contribution < -0.4 is 0 Å². The van der Waals surface area contributed by atoms with Gasteiger partial charge in [-0.1, -0.05) is 0 Å². The van der Waals surface area contributed by atoms with Gasteiger partial charge in [-0.15, -0.1) is 0 Å². The molecule has 1 unspecified atom stereocenters. The standard InChI is InChI=1S/C19H25N3O4/c23-19(10-18-2-1-7-26-18)21-11-16-3-6-20-22(16)17(12-21)14-25-13-15-4-8-24-9-5-15/h1-3,6-7,15,17H,4-5,8-14H2. The lowest BCUT2D eigenvalue weighted by Gasteiger charge is -2.34. The molecule has 26 heavy (non-hydrogen) atoms. The molecule has 0 spiro atoms. The summed E-state index contributed by atoms with van der Waals surface area (Å²) in [6, 6.07) is 5.66. The molecule has 4 heterocycles. The van der Waals surface area contributed by atoms with Gasteiger partial charge in [0.15, 0.2) is 0 Å². The predicted molar refractivity (Wildman–Crippen MR) is 93.5 cm³/mol. The van der Waals surface area contributed by atoms with Crippen molar-refractivity contribution in [3.63, 3.8) is 0 Å². The first-order valence-electron chi connectivity index (χ1n) is 9.27. The second-order valence-electron chi connectivity index (χ2n) is 7.04. The number of carbonyl (C=O) groups is 1. The molecule has 1 saturated heterocycles. The summed E-state index contributed by atoms with van der Waals surface area (Å²) in [7, 11) is 0. The molecule has 2 aromatic heterocycles. The fourth-order valence-corrected chi connectivity index (χ4v) is 3.66. The van der Waals surface area contributed by atoms with E-state index in [1.165, 1.54) is 0 Å². The predicted octanol–water partition coefficient (Wildman–Crippen LogP) is 2.05. The van der Waals surface area contributed by atoms with Crippen molar-refractivity contribution in [1.29, 1.82) is 0 Å². The van der Waals surface area contributed by atoms with Gasteiger partial charge in [0.1, 0.15) is 5.76 Å². The molecule has 2 aliphatic heterocycles. The molecule has 0 saturated carbocycles. The first kappa shape index (κ1) is 17.3. The monoisotopic (exact) mass is 359 g/mol. The molecule has 1 amide bonds. The van der Waals surface area contributed by atoms with Crippen LogP contribution in [0, 0.1) is 5.92 Å². The van der Waals surface area contributed by atoms with E-state index in [9.17, 15) is 4.79 Å². The fraction of sp³-hybridized carbons (Fsp3) is 0.579. The minimum absolute atomic E-state index is 0.0501. The summed E-state index contributed by atoms with van der Waals surface area (Å²) in [4.78, 5) is 14.5. The first-order valence-corrected chi connectivity index (χ1v) is 9.27. The molecule has 7 heteroatoms. The maximum Gasteiger partial charge on any atom is 0.230 e. The molecule has 1 fully saturated rings. The van der Waals surface area contributed by atoms with Gasteiger partial charge < -0.3 is 18.8 Å². The Hall–Kier alpha value is -2.12. The maximum atomic E-state index is 12.6. The third kappa shape index (κ3) is 3.99. The highest BCUT2D eigenvalue weighted by Gasteiger charge is 2.29. The van der Waals surface area contributed by atoms with Crippen LogP contribution in [0.4, 0.5) is 0 Å². The summed E-state index contributed by atoms with van der Waals surface area (Å²) in [6.07, 6.45) is 5.80. The summed E-state index contributed by atoms with van der Waals surface area (Å²) in [5.41, 5.74) is 1.05. The van der Waals surface area contributed by atoms with Crippen LogP contribution in [0.25, 0.3) is 0 Å². The normalized spacial score (nSPS) is 20.9. The Morgan fingerprint density at radius 2 is 2.15 bits per heavy atom. The summed E-state index contributed by atoms with van der Waals surface area (Å²) < 4.78 is 18.7. The molecular weight excluding hydrogens is 334 g/mol. The molecule has 0 N–H and O–H groups in total. The molecule has 140 valence electrons. The van der Waals surface area contributed by atoms with Gasteiger partial charge >= 0.3 is 0 Å². The van der Waals surface area contributed by atoms with Crippen LogP contribution in [0.3, 0.4) is 0 Å². The lowest BCUT2D eigenvalue weighted by atomic mass is 10.0. The van der Waals surface area contributed by atoms with Gasteiger partial charge in [0.25, 0.3) is 0 Å². The van der Waals surface area contributed by atoms with E-state index in [1.54, 1.807) is 18.5 Å². The Morgan fingerprint density at radius 3 is 2.96 bits per heavy atom. The first-order chi connectivity index (χ1) is 12.8. The van der Waals surface area contributed by atoms with E-state index >= 15 is 0 Å². The number of furan rings is 1. The number of nitrogens with zero attached hydrogens (tertiary/aromatic N) is 3. The number of rotatable bonds is 6. The molecule has 2 aromatic rings. The average Bonchev–Trinajstić information content (AvgIpc) is 3.34. The minimum Gasteiger partial charge on any atom is -0.469 e. The summed E-state index contributed by atoms with van der Waals surface area (Å²) >= 11 is 0. The lowest BCUT2D eigenvalue weighted by molar-refractivity contribution is -0.133. The zero-order chi connectivity index (χ0) is 17.8. The van der Waals surface area contributed by atoms with Crippen LogP contribution in [0.1, 0.15) is 30.3 Å². The topological polar surface area (TPSA) is 69.7 Å². The third-order valence-corrected chi connectivity index (χ3v) is 5.15. The Morgan fingerprint density at radius 1 is 1.27 bits per heavy atom. The number of hydrogen-bond donors (Lipinski definition) is 0. The van der Waals surface area contributed by atoms with E-state index < -0.39 is 0 Å². The van der Waals surface area contributed by atoms with Crippen LogP contribution in [0.15, 0.2) is 35.1 Å². The number of carbonyl (C=O) groups excluding carboxylic acids is 1. The van der Waals surface area contributed by atoms with Crippen LogP contribution in [-0.4, -0.2) is 53.6 Å². The van der Waals surface area contributed by atoms with Crippen molar-refractivity contribution in [2.24, 2.45) is 5.92 Å². The van der Waals surface area contributed by atoms with Gasteiger partial charge in [0.2, 0.25) is 5.91 Å². The lowest BCUT2D eigenvalue weighted by Crippen LogP contribution is -2.43. The molecule has 0 radical (unpaired) electrons. The van der Waals surface area contributed by atoms with E-state index in [0.29, 0.717) is 31.4 Å². The zero-order valence-electron chi connectivity index (χ0n) is 14.9. The van der Waals surface area contributed by atoms with Crippen LogP contribution in [0.5, 0.6) is 0 Å². The number of fused-ring (bicyclic) bond motifs is 1. The second-order valence-corrected chi connectivity index (χ2v) is 7.04. The highest BCUT2D eigenvalue weighted by molar-refractivity contribution is 5.78. The van der Waals surface area contributed by atoms with E-state index in [-0.39, 0.29) is 18.4 Å². The summed E-state index contributed by atoms with van der Waals surface area (Å²) in [5.74, 6) is 1.34. The summed E-state index contributed by atoms with van der Waals surface area (Å²) in [6.45, 7) is 4.16. The van der Waals surface area contributed by atoms with E-state index in [1.807, 2.05) is 21.7 Å². The van der Waals surface area contributed by atoms with Gasteiger partial charge in [0, 0.05) is 32.6 Å². The molecule has 2 aliphatic rings. The molecule has 7 nitrogen and oxygen atoms in total. The zero-order valence-corrected chi connectivity index (χ0v) is 14.9. The maximum absolute atomic E-state index is 12.6. The Bertz CT molecular complexity index is 706. The highest BCUT2D eigenvalue weighted by Crippen LogP contribution is 2.22. The van der Waals surface area contributed by atoms with Gasteiger partial charge in [-0.3, -0.25) is 9.48 Å². The number of hydrogen-bond acceptors (Lipinski definition) is 5. The van der Waals surface area contributed by atoms with Crippen molar-refractivity contribution in [3.8, 4) is 0 Å². The van der Waals surface area contributed by atoms with Crippen molar-refractivity contribution in [2.75, 3.05) is 33.0 Å². The molecule has 0 bridgehead atoms. The smallest absolute Gasteiger partial charge is 0.230 e. The van der Waals surface area contributed by atoms with Crippen molar-refractivity contribution in [1.82, 2.24) is 14.7 Å². The molecule has 1 atom stereocenters. The quantitative estimate of drug-likeness (QED) is 0.789. The van der Waals surface area contributed by atoms with Crippen molar-refractivity contribution >= 4 is 5.91 Å². The summed E-state index contributed by atoms with van der Waals surface area (Å²) in [5, 5.41) is 4.43. The third-order valence-electron chi connectivity index (χ3n) is 5.15. The van der Waals surface area contributed by atoms with Crippen molar-refractivity contribution < 1.29 is 18.7 Å². The van der Waals surface area contributed by atoms with E-state index in [0.717, 1.165) is 38.4 Å². The van der Waals surface area contributed by atoms with E-state index in [2.05, 4.69) is 5.10 Å². The van der Waals surface area contributed by atoms with Gasteiger partial charge in [-0.25, -0.2) is 0 Å². The van der Waals surface area contributed by atoms with Crippen molar-refractivity contribution in [3.05, 3.63) is 42.1 Å². The van der Waals surface area contributed by atoms with Gasteiger partial charge in [0.05, 0.1) is 37.6 Å². The van der Waals surface area contributed by atoms with E-state index in [4.69, 9.17) is 13.9 Å². The number of ether oxygens (including phenoxy) is 2. The molecule has 0 aromatic carbocycles. The Balaban J connectivity index is 1.35. The minimum atomic E-state index is 0.0501. The number of aromatic nitrogens is 2. The molecular formula is C19H25N3O4.